The minimum atomic E-state index is -0.936. The first kappa shape index (κ1) is 13.3. The fraction of sp³-hybridized carbons (Fsp3) is 0.462. The minimum Gasteiger partial charge on any atom is -0.480 e. The van der Waals surface area contributed by atoms with E-state index < -0.39 is 16.4 Å². The van der Waals surface area contributed by atoms with Crippen LogP contribution in [0.5, 0.6) is 0 Å². The van der Waals surface area contributed by atoms with Gasteiger partial charge in [-0.1, -0.05) is 0 Å². The van der Waals surface area contributed by atoms with Crippen LogP contribution in [0.15, 0.2) is 24.3 Å². The first-order valence-electron chi connectivity index (χ1n) is 6.20. The van der Waals surface area contributed by atoms with Crippen molar-refractivity contribution in [3.8, 4) is 0 Å². The summed E-state index contributed by atoms with van der Waals surface area (Å²) in [4.78, 5) is 23.5. The summed E-state index contributed by atoms with van der Waals surface area (Å²) in [6, 6.07) is 6.05. The highest BCUT2D eigenvalue weighted by Gasteiger charge is 2.41. The summed E-state index contributed by atoms with van der Waals surface area (Å²) in [5.41, 5.74) is -0.207. The Bertz CT molecular complexity index is 500. The van der Waals surface area contributed by atoms with E-state index in [4.69, 9.17) is 0 Å². The fourth-order valence-electron chi connectivity index (χ4n) is 2.51. The van der Waals surface area contributed by atoms with Crippen molar-refractivity contribution < 1.29 is 14.8 Å². The summed E-state index contributed by atoms with van der Waals surface area (Å²) in [5.74, 6) is -0.856. The summed E-state index contributed by atoms with van der Waals surface area (Å²) in [6.07, 6.45) is 2.39. The number of aliphatic carboxylic acids is 1. The molecule has 19 heavy (non-hydrogen) atoms. The largest absolute Gasteiger partial charge is 0.480 e. The molecule has 1 aliphatic heterocycles. The van der Waals surface area contributed by atoms with Gasteiger partial charge in [0.2, 0.25) is 0 Å². The number of hydrogen-bond acceptors (Lipinski definition) is 4. The Morgan fingerprint density at radius 1 is 1.37 bits per heavy atom. The molecule has 0 aromatic heterocycles. The minimum absolute atomic E-state index is 0.0118. The van der Waals surface area contributed by atoms with Gasteiger partial charge in [0.05, 0.1) is 4.92 Å². The number of rotatable bonds is 3. The van der Waals surface area contributed by atoms with Gasteiger partial charge < -0.3 is 10.0 Å². The molecule has 1 N–H and O–H groups in total. The molecule has 0 aliphatic carbocycles. The summed E-state index contributed by atoms with van der Waals surface area (Å²) < 4.78 is 0. The molecule has 0 bridgehead atoms. The van der Waals surface area contributed by atoms with Crippen molar-refractivity contribution >= 4 is 17.3 Å². The lowest BCUT2D eigenvalue weighted by Crippen LogP contribution is -2.55. The standard InChI is InChI=1S/C13H16N2O4/c1-13(12(16)17)8-2-3-9-14(13)10-4-6-11(7-5-10)15(18)19/h4-7H,2-3,8-9H2,1H3,(H,16,17). The first-order valence-corrected chi connectivity index (χ1v) is 6.20. The van der Waals surface area contributed by atoms with Gasteiger partial charge in [-0.15, -0.1) is 0 Å². The Kier molecular flexibility index (Phi) is 3.42. The SMILES string of the molecule is CC1(C(=O)O)CCCCN1c1ccc([N+](=O)[O-])cc1. The Morgan fingerprint density at radius 3 is 2.53 bits per heavy atom. The van der Waals surface area contributed by atoms with Gasteiger partial charge in [-0.2, -0.15) is 0 Å². The molecular formula is C13H16N2O4. The molecule has 0 spiro atoms. The third kappa shape index (κ3) is 2.38. The molecule has 6 heteroatoms. The van der Waals surface area contributed by atoms with Gasteiger partial charge in [-0.3, -0.25) is 10.1 Å². The topological polar surface area (TPSA) is 83.7 Å². The molecule has 1 fully saturated rings. The van der Waals surface area contributed by atoms with E-state index in [1.165, 1.54) is 12.1 Å². The fourth-order valence-corrected chi connectivity index (χ4v) is 2.51. The van der Waals surface area contributed by atoms with E-state index in [1.807, 2.05) is 4.90 Å². The number of carbonyl (C=O) groups is 1. The number of nitro groups is 1. The number of hydrogen-bond donors (Lipinski definition) is 1. The highest BCUT2D eigenvalue weighted by molar-refractivity contribution is 5.83. The van der Waals surface area contributed by atoms with Crippen LogP contribution in [0.25, 0.3) is 0 Å². The predicted octanol–water partition coefficient (Wildman–Crippen LogP) is 2.43. The molecule has 1 saturated heterocycles. The van der Waals surface area contributed by atoms with Gasteiger partial charge in [0.25, 0.3) is 5.69 Å². The maximum absolute atomic E-state index is 11.5. The maximum atomic E-state index is 11.5. The van der Waals surface area contributed by atoms with Crippen molar-refractivity contribution in [2.75, 3.05) is 11.4 Å². The zero-order valence-electron chi connectivity index (χ0n) is 10.7. The lowest BCUT2D eigenvalue weighted by Gasteiger charge is -2.43. The van der Waals surface area contributed by atoms with Gasteiger partial charge in [-0.05, 0) is 38.3 Å². The molecule has 1 aliphatic rings. The van der Waals surface area contributed by atoms with Crippen LogP contribution in [0.3, 0.4) is 0 Å². The number of nitrogens with zero attached hydrogens (tertiary/aromatic N) is 2. The number of anilines is 1. The third-order valence-electron chi connectivity index (χ3n) is 3.72. The Balaban J connectivity index is 2.32. The summed E-state index contributed by atoms with van der Waals surface area (Å²) in [6.45, 7) is 2.36. The smallest absolute Gasteiger partial charge is 0.329 e. The summed E-state index contributed by atoms with van der Waals surface area (Å²) in [5, 5.41) is 20.0. The van der Waals surface area contributed by atoms with Crippen LogP contribution in [0.2, 0.25) is 0 Å². The molecule has 1 heterocycles. The van der Waals surface area contributed by atoms with Crippen LogP contribution in [-0.4, -0.2) is 28.1 Å². The summed E-state index contributed by atoms with van der Waals surface area (Å²) in [7, 11) is 0. The second kappa shape index (κ2) is 4.87. The molecule has 1 unspecified atom stereocenters. The van der Waals surface area contributed by atoms with Crippen LogP contribution >= 0.6 is 0 Å². The second-order valence-electron chi connectivity index (χ2n) is 4.96. The lowest BCUT2D eigenvalue weighted by atomic mass is 9.88. The average Bonchev–Trinajstić information content (AvgIpc) is 2.39. The van der Waals surface area contributed by atoms with Crippen LogP contribution in [0, 0.1) is 10.1 Å². The van der Waals surface area contributed by atoms with Crippen molar-refractivity contribution in [1.82, 2.24) is 0 Å². The van der Waals surface area contributed by atoms with Gasteiger partial charge in [0.15, 0.2) is 0 Å². The van der Waals surface area contributed by atoms with Crippen LogP contribution in [0.1, 0.15) is 26.2 Å². The Hall–Kier alpha value is -2.11. The molecule has 6 nitrogen and oxygen atoms in total. The molecule has 0 saturated carbocycles. The van der Waals surface area contributed by atoms with Gasteiger partial charge in [0.1, 0.15) is 5.54 Å². The molecule has 2 rings (SSSR count). The second-order valence-corrected chi connectivity index (χ2v) is 4.96. The van der Waals surface area contributed by atoms with Crippen LogP contribution in [-0.2, 0) is 4.79 Å². The third-order valence-corrected chi connectivity index (χ3v) is 3.72. The summed E-state index contributed by atoms with van der Waals surface area (Å²) >= 11 is 0. The van der Waals surface area contributed by atoms with Gasteiger partial charge >= 0.3 is 5.97 Å². The average molecular weight is 264 g/mol. The van der Waals surface area contributed by atoms with E-state index in [2.05, 4.69) is 0 Å². The molecule has 1 aromatic rings. The van der Waals surface area contributed by atoms with Crippen molar-refractivity contribution in [2.24, 2.45) is 0 Å². The van der Waals surface area contributed by atoms with Crippen LogP contribution in [0.4, 0.5) is 11.4 Å². The Morgan fingerprint density at radius 2 is 2.00 bits per heavy atom. The molecule has 0 radical (unpaired) electrons. The zero-order valence-corrected chi connectivity index (χ0v) is 10.7. The normalized spacial score (nSPS) is 23.1. The number of piperidine rings is 1. The molecular weight excluding hydrogens is 248 g/mol. The van der Waals surface area contributed by atoms with E-state index in [0.717, 1.165) is 18.5 Å². The van der Waals surface area contributed by atoms with Crippen LogP contribution < -0.4 is 4.90 Å². The maximum Gasteiger partial charge on any atom is 0.329 e. The number of non-ortho nitro benzene ring substituents is 1. The quantitative estimate of drug-likeness (QED) is 0.669. The van der Waals surface area contributed by atoms with E-state index >= 15 is 0 Å². The van der Waals surface area contributed by atoms with E-state index in [9.17, 15) is 20.0 Å². The van der Waals surface area contributed by atoms with Crippen molar-refractivity contribution in [3.05, 3.63) is 34.4 Å². The monoisotopic (exact) mass is 264 g/mol. The highest BCUT2D eigenvalue weighted by Crippen LogP contribution is 2.33. The molecule has 102 valence electrons. The lowest BCUT2D eigenvalue weighted by molar-refractivity contribution is -0.384. The van der Waals surface area contributed by atoms with Gasteiger partial charge in [0, 0.05) is 24.4 Å². The first-order chi connectivity index (χ1) is 8.95. The van der Waals surface area contributed by atoms with Crippen molar-refractivity contribution in [3.63, 3.8) is 0 Å². The molecule has 1 aromatic carbocycles. The number of carboxylic acids is 1. The number of carboxylic acid groups (broad SMARTS) is 1. The predicted molar refractivity (Wildman–Crippen MR) is 70.3 cm³/mol. The molecule has 1 atom stereocenters. The van der Waals surface area contributed by atoms with Crippen molar-refractivity contribution in [2.45, 2.75) is 31.7 Å². The molecule has 0 amide bonds. The van der Waals surface area contributed by atoms with E-state index in [-0.39, 0.29) is 5.69 Å². The Labute approximate surface area is 110 Å². The zero-order chi connectivity index (χ0) is 14.0. The number of nitro benzene ring substituents is 1. The van der Waals surface area contributed by atoms with E-state index in [0.29, 0.717) is 13.0 Å². The highest BCUT2D eigenvalue weighted by atomic mass is 16.6. The number of benzene rings is 1. The van der Waals surface area contributed by atoms with E-state index in [1.54, 1.807) is 19.1 Å². The van der Waals surface area contributed by atoms with Gasteiger partial charge in [-0.25, -0.2) is 4.79 Å². The van der Waals surface area contributed by atoms with Crippen molar-refractivity contribution in [1.29, 1.82) is 0 Å².